The first-order valence-electron chi connectivity index (χ1n) is 3.13. The van der Waals surface area contributed by atoms with Crippen molar-refractivity contribution in [3.8, 4) is 5.88 Å². The van der Waals surface area contributed by atoms with Crippen molar-refractivity contribution in [2.24, 2.45) is 0 Å². The number of alkyl halides is 2. The zero-order chi connectivity index (χ0) is 9.14. The van der Waals surface area contributed by atoms with Gasteiger partial charge in [0, 0.05) is 10.7 Å². The van der Waals surface area contributed by atoms with Crippen molar-refractivity contribution in [3.63, 3.8) is 0 Å². The fourth-order valence-corrected chi connectivity index (χ4v) is 1.25. The first-order valence-corrected chi connectivity index (χ1v) is 3.92. The Balaban J connectivity index is 3.20. The number of methoxy groups -OCH3 is 1. The van der Waals surface area contributed by atoms with Gasteiger partial charge in [-0.05, 0) is 6.07 Å². The molecule has 0 radical (unpaired) electrons. The third kappa shape index (κ3) is 1.72. The average Bonchev–Trinajstić information content (AvgIpc) is 2.03. The summed E-state index contributed by atoms with van der Waals surface area (Å²) in [7, 11) is 1.31. The second-order valence-corrected chi connectivity index (χ2v) is 2.87. The lowest BCUT2D eigenvalue weighted by atomic mass is 10.3. The molecule has 0 spiro atoms. The number of aromatic nitrogens is 1. The van der Waals surface area contributed by atoms with Gasteiger partial charge in [-0.25, -0.2) is 13.8 Å². The molecule has 0 saturated heterocycles. The standard InChI is InChI=1S/C7H6BrF2NO/c1-12-7-5(6(9)10)4(8)2-3-11-7/h2-3,6H,1H3. The van der Waals surface area contributed by atoms with Crippen LogP contribution in [0.15, 0.2) is 16.7 Å². The summed E-state index contributed by atoms with van der Waals surface area (Å²) in [6, 6.07) is 1.45. The van der Waals surface area contributed by atoms with Crippen LogP contribution < -0.4 is 4.74 Å². The van der Waals surface area contributed by atoms with Crippen molar-refractivity contribution < 1.29 is 13.5 Å². The van der Waals surface area contributed by atoms with Crippen molar-refractivity contribution in [2.75, 3.05) is 7.11 Å². The van der Waals surface area contributed by atoms with Crippen LogP contribution >= 0.6 is 15.9 Å². The first kappa shape index (κ1) is 9.38. The molecule has 0 bridgehead atoms. The maximum absolute atomic E-state index is 12.3. The van der Waals surface area contributed by atoms with E-state index in [-0.39, 0.29) is 11.4 Å². The topological polar surface area (TPSA) is 22.1 Å². The molecule has 0 unspecified atom stereocenters. The Hall–Kier alpha value is -0.710. The third-order valence-electron chi connectivity index (χ3n) is 1.31. The van der Waals surface area contributed by atoms with Crippen LogP contribution in [0.3, 0.4) is 0 Å². The van der Waals surface area contributed by atoms with E-state index in [1.165, 1.54) is 19.4 Å². The highest BCUT2D eigenvalue weighted by Crippen LogP contribution is 2.33. The van der Waals surface area contributed by atoms with Crippen LogP contribution in [0, 0.1) is 0 Å². The van der Waals surface area contributed by atoms with E-state index in [1.807, 2.05) is 0 Å². The van der Waals surface area contributed by atoms with Crippen LogP contribution in [0.1, 0.15) is 12.0 Å². The highest BCUT2D eigenvalue weighted by molar-refractivity contribution is 9.10. The van der Waals surface area contributed by atoms with Gasteiger partial charge in [-0.3, -0.25) is 0 Å². The number of halogens is 3. The highest BCUT2D eigenvalue weighted by atomic mass is 79.9. The Kier molecular flexibility index (Phi) is 2.97. The molecule has 66 valence electrons. The Morgan fingerprint density at radius 1 is 1.58 bits per heavy atom. The molecule has 0 N–H and O–H groups in total. The monoisotopic (exact) mass is 237 g/mol. The summed E-state index contributed by atoms with van der Waals surface area (Å²) in [5.41, 5.74) is -0.208. The maximum Gasteiger partial charge on any atom is 0.270 e. The molecule has 1 rings (SSSR count). The van der Waals surface area contributed by atoms with Gasteiger partial charge in [0.25, 0.3) is 6.43 Å². The molecule has 0 fully saturated rings. The van der Waals surface area contributed by atoms with Gasteiger partial charge < -0.3 is 4.74 Å². The highest BCUT2D eigenvalue weighted by Gasteiger charge is 2.18. The van der Waals surface area contributed by atoms with Crippen molar-refractivity contribution >= 4 is 15.9 Å². The quantitative estimate of drug-likeness (QED) is 0.790. The predicted molar refractivity (Wildman–Crippen MR) is 43.4 cm³/mol. The van der Waals surface area contributed by atoms with Crippen LogP contribution in [0.25, 0.3) is 0 Å². The Morgan fingerprint density at radius 3 is 2.67 bits per heavy atom. The Morgan fingerprint density at radius 2 is 2.25 bits per heavy atom. The van der Waals surface area contributed by atoms with E-state index in [9.17, 15) is 8.78 Å². The lowest BCUT2D eigenvalue weighted by molar-refractivity contribution is 0.145. The third-order valence-corrected chi connectivity index (χ3v) is 2.00. The SMILES string of the molecule is COc1nccc(Br)c1C(F)F. The van der Waals surface area contributed by atoms with Crippen LogP contribution in [-0.2, 0) is 0 Å². The number of nitrogens with zero attached hydrogens (tertiary/aromatic N) is 1. The summed E-state index contributed by atoms with van der Waals surface area (Å²) >= 11 is 2.99. The molecule has 5 heteroatoms. The molecule has 0 amide bonds. The number of ether oxygens (including phenoxy) is 1. The maximum atomic E-state index is 12.3. The Labute approximate surface area is 76.7 Å². The molecule has 1 aromatic heterocycles. The summed E-state index contributed by atoms with van der Waals surface area (Å²) in [6.07, 6.45) is -1.18. The minimum atomic E-state index is -2.58. The van der Waals surface area contributed by atoms with Crippen molar-refractivity contribution in [3.05, 3.63) is 22.3 Å². The molecule has 0 aliphatic carbocycles. The van der Waals surface area contributed by atoms with Gasteiger partial charge in [0.2, 0.25) is 5.88 Å². The van der Waals surface area contributed by atoms with E-state index in [0.717, 1.165) is 0 Å². The molecule has 0 aromatic carbocycles. The number of pyridine rings is 1. The van der Waals surface area contributed by atoms with E-state index in [2.05, 4.69) is 25.7 Å². The van der Waals surface area contributed by atoms with Crippen LogP contribution in [-0.4, -0.2) is 12.1 Å². The molecule has 1 heterocycles. The smallest absolute Gasteiger partial charge is 0.270 e. The normalized spacial score (nSPS) is 10.4. The molecule has 0 saturated carbocycles. The van der Waals surface area contributed by atoms with Crippen LogP contribution in [0.5, 0.6) is 5.88 Å². The van der Waals surface area contributed by atoms with E-state index < -0.39 is 6.43 Å². The van der Waals surface area contributed by atoms with Gasteiger partial charge in [-0.15, -0.1) is 0 Å². The van der Waals surface area contributed by atoms with Crippen molar-refractivity contribution in [1.82, 2.24) is 4.98 Å². The summed E-state index contributed by atoms with van der Waals surface area (Å²) in [5, 5.41) is 0. The molecular weight excluding hydrogens is 232 g/mol. The number of hydrogen-bond donors (Lipinski definition) is 0. The molecule has 0 aliphatic heterocycles. The van der Waals surface area contributed by atoms with E-state index in [1.54, 1.807) is 0 Å². The van der Waals surface area contributed by atoms with E-state index in [0.29, 0.717) is 4.47 Å². The fourth-order valence-electron chi connectivity index (χ4n) is 0.792. The molecular formula is C7H6BrF2NO. The van der Waals surface area contributed by atoms with Gasteiger partial charge in [-0.1, -0.05) is 15.9 Å². The minimum Gasteiger partial charge on any atom is -0.481 e. The molecule has 2 nitrogen and oxygen atoms in total. The van der Waals surface area contributed by atoms with Crippen LogP contribution in [0.2, 0.25) is 0 Å². The van der Waals surface area contributed by atoms with Gasteiger partial charge in [0.1, 0.15) is 0 Å². The molecule has 1 aromatic rings. The molecule has 0 aliphatic rings. The summed E-state index contributed by atoms with van der Waals surface area (Å²) in [4.78, 5) is 3.65. The largest absolute Gasteiger partial charge is 0.481 e. The van der Waals surface area contributed by atoms with E-state index >= 15 is 0 Å². The van der Waals surface area contributed by atoms with Gasteiger partial charge >= 0.3 is 0 Å². The number of rotatable bonds is 2. The second kappa shape index (κ2) is 3.80. The molecule has 0 atom stereocenters. The zero-order valence-electron chi connectivity index (χ0n) is 6.22. The number of hydrogen-bond acceptors (Lipinski definition) is 2. The zero-order valence-corrected chi connectivity index (χ0v) is 7.81. The van der Waals surface area contributed by atoms with Gasteiger partial charge in [-0.2, -0.15) is 0 Å². The fraction of sp³-hybridized carbons (Fsp3) is 0.286. The summed E-state index contributed by atoms with van der Waals surface area (Å²) in [6.45, 7) is 0. The molecule has 12 heavy (non-hydrogen) atoms. The lowest BCUT2D eigenvalue weighted by Gasteiger charge is -2.07. The second-order valence-electron chi connectivity index (χ2n) is 2.02. The predicted octanol–water partition coefficient (Wildman–Crippen LogP) is 2.79. The van der Waals surface area contributed by atoms with Gasteiger partial charge in [0.05, 0.1) is 12.7 Å². The summed E-state index contributed by atoms with van der Waals surface area (Å²) in [5.74, 6) is -0.0422. The van der Waals surface area contributed by atoms with Crippen molar-refractivity contribution in [2.45, 2.75) is 6.43 Å². The summed E-state index contributed by atoms with van der Waals surface area (Å²) < 4.78 is 29.6. The van der Waals surface area contributed by atoms with Gasteiger partial charge in [0.15, 0.2) is 0 Å². The minimum absolute atomic E-state index is 0.0422. The van der Waals surface area contributed by atoms with E-state index in [4.69, 9.17) is 0 Å². The Bertz CT molecular complexity index is 280. The van der Waals surface area contributed by atoms with Crippen molar-refractivity contribution in [1.29, 1.82) is 0 Å². The van der Waals surface area contributed by atoms with Crippen LogP contribution in [0.4, 0.5) is 8.78 Å². The lowest BCUT2D eigenvalue weighted by Crippen LogP contribution is -1.96. The first-order chi connectivity index (χ1) is 5.66. The average molecular weight is 238 g/mol.